The van der Waals surface area contributed by atoms with Crippen molar-refractivity contribution in [2.24, 2.45) is 35.5 Å². The molecule has 0 radical (unpaired) electrons. The van der Waals surface area contributed by atoms with Gasteiger partial charge in [-0.25, -0.2) is 0 Å². The number of ketones is 2. The van der Waals surface area contributed by atoms with Crippen molar-refractivity contribution < 1.29 is 30.0 Å². The third-order valence-corrected chi connectivity index (χ3v) is 10.7. The lowest BCUT2D eigenvalue weighted by atomic mass is 9.79. The summed E-state index contributed by atoms with van der Waals surface area (Å²) in [6, 6.07) is 0. The minimum atomic E-state index is -0.877. The molecular weight excluding hydrogens is 576 g/mol. The van der Waals surface area contributed by atoms with E-state index < -0.39 is 17.3 Å². The fourth-order valence-corrected chi connectivity index (χ4v) is 7.28. The van der Waals surface area contributed by atoms with Crippen LogP contribution in [-0.4, -0.2) is 55.4 Å². The average Bonchev–Trinajstić information content (AvgIpc) is 2.95. The van der Waals surface area contributed by atoms with Crippen molar-refractivity contribution in [1.29, 1.82) is 0 Å². The summed E-state index contributed by atoms with van der Waals surface area (Å²) in [6.07, 6.45) is 15.7. The summed E-state index contributed by atoms with van der Waals surface area (Å²) in [5.74, 6) is 1.98. The molecule has 272 valence electrons. The molecule has 0 saturated heterocycles. The molecule has 0 saturated carbocycles. The fourth-order valence-electron chi connectivity index (χ4n) is 7.28. The van der Waals surface area contributed by atoms with Crippen molar-refractivity contribution in [3.63, 3.8) is 0 Å². The molecule has 0 bridgehead atoms. The lowest BCUT2D eigenvalue weighted by Crippen LogP contribution is -2.34. The van der Waals surface area contributed by atoms with E-state index in [2.05, 4.69) is 40.7 Å². The molecule has 0 aliphatic heterocycles. The van der Waals surface area contributed by atoms with Crippen LogP contribution in [0.15, 0.2) is 12.2 Å². The van der Waals surface area contributed by atoms with Crippen molar-refractivity contribution in [2.45, 2.75) is 195 Å². The van der Waals surface area contributed by atoms with Gasteiger partial charge in [-0.1, -0.05) is 73.5 Å². The number of unbranched alkanes of at least 4 members (excludes halogenated alkanes) is 1. The summed E-state index contributed by atoms with van der Waals surface area (Å²) in [5, 5.41) is 42.1. The van der Waals surface area contributed by atoms with E-state index in [4.69, 9.17) is 0 Å². The molecule has 0 spiro atoms. The number of rotatable bonds is 28. The van der Waals surface area contributed by atoms with Crippen LogP contribution in [-0.2, 0) is 9.59 Å². The number of aliphatic hydroxyl groups excluding tert-OH is 2. The van der Waals surface area contributed by atoms with Gasteiger partial charge in [0.25, 0.3) is 0 Å². The maximum Gasteiger partial charge on any atom is 0.135 e. The van der Waals surface area contributed by atoms with E-state index in [0.29, 0.717) is 48.7 Å². The molecule has 10 atom stereocenters. The van der Waals surface area contributed by atoms with Crippen LogP contribution in [0.4, 0.5) is 0 Å². The zero-order valence-corrected chi connectivity index (χ0v) is 31.7. The first kappa shape index (κ1) is 44.9. The van der Waals surface area contributed by atoms with Crippen molar-refractivity contribution in [1.82, 2.24) is 0 Å². The molecule has 6 nitrogen and oxygen atoms in total. The smallest absolute Gasteiger partial charge is 0.135 e. The van der Waals surface area contributed by atoms with E-state index in [1.807, 2.05) is 33.8 Å². The highest BCUT2D eigenvalue weighted by Crippen LogP contribution is 2.32. The molecule has 0 heterocycles. The normalized spacial score (nSPS) is 20.2. The molecule has 0 aliphatic carbocycles. The Morgan fingerprint density at radius 1 is 0.783 bits per heavy atom. The lowest BCUT2D eigenvalue weighted by Gasteiger charge is -2.32. The largest absolute Gasteiger partial charge is 0.393 e. The summed E-state index contributed by atoms with van der Waals surface area (Å²) >= 11 is 0. The highest BCUT2D eigenvalue weighted by atomic mass is 16.3. The highest BCUT2D eigenvalue weighted by molar-refractivity contribution is 5.80. The Morgan fingerprint density at radius 2 is 1.39 bits per heavy atom. The molecule has 0 aliphatic rings. The Bertz CT molecular complexity index is 851. The van der Waals surface area contributed by atoms with Crippen LogP contribution in [0.5, 0.6) is 0 Å². The van der Waals surface area contributed by atoms with Gasteiger partial charge in [-0.3, -0.25) is 9.59 Å². The zero-order chi connectivity index (χ0) is 35.5. The van der Waals surface area contributed by atoms with Crippen LogP contribution in [0.1, 0.15) is 172 Å². The van der Waals surface area contributed by atoms with Gasteiger partial charge in [0.1, 0.15) is 11.6 Å². The van der Waals surface area contributed by atoms with Crippen molar-refractivity contribution in [3.05, 3.63) is 12.2 Å². The van der Waals surface area contributed by atoms with E-state index in [-0.39, 0.29) is 30.1 Å². The third-order valence-electron chi connectivity index (χ3n) is 10.7. The molecule has 0 amide bonds. The maximum atomic E-state index is 13.0. The number of carbonyl (C=O) groups excluding carboxylic acids is 2. The first-order valence-electron chi connectivity index (χ1n) is 18.9. The van der Waals surface area contributed by atoms with Gasteiger partial charge in [0.2, 0.25) is 0 Å². The topological polar surface area (TPSA) is 115 Å². The lowest BCUT2D eigenvalue weighted by molar-refractivity contribution is -0.123. The second-order valence-electron chi connectivity index (χ2n) is 15.9. The number of hydrogen-bond donors (Lipinski definition) is 4. The van der Waals surface area contributed by atoms with E-state index in [0.717, 1.165) is 77.0 Å². The van der Waals surface area contributed by atoms with Gasteiger partial charge < -0.3 is 20.4 Å². The molecular formula is C40H76O6. The summed E-state index contributed by atoms with van der Waals surface area (Å²) in [7, 11) is 0. The van der Waals surface area contributed by atoms with E-state index >= 15 is 0 Å². The quantitative estimate of drug-likeness (QED) is 0.0495. The van der Waals surface area contributed by atoms with Crippen LogP contribution < -0.4 is 0 Å². The van der Waals surface area contributed by atoms with Crippen LogP contribution in [0.25, 0.3) is 0 Å². The third kappa shape index (κ3) is 20.3. The van der Waals surface area contributed by atoms with Gasteiger partial charge in [0.05, 0.1) is 23.4 Å². The zero-order valence-electron chi connectivity index (χ0n) is 31.7. The van der Waals surface area contributed by atoms with E-state index in [1.54, 1.807) is 0 Å². The molecule has 0 aromatic carbocycles. The van der Waals surface area contributed by atoms with E-state index in [9.17, 15) is 30.0 Å². The molecule has 0 aromatic rings. The first-order chi connectivity index (χ1) is 21.4. The number of carbonyl (C=O) groups is 2. The van der Waals surface area contributed by atoms with Gasteiger partial charge >= 0.3 is 0 Å². The molecule has 6 heteroatoms. The molecule has 0 rings (SSSR count). The maximum absolute atomic E-state index is 13.0. The Morgan fingerprint density at radius 3 is 1.96 bits per heavy atom. The molecule has 7 unspecified atom stereocenters. The molecule has 0 fully saturated rings. The summed E-state index contributed by atoms with van der Waals surface area (Å²) in [4.78, 5) is 24.2. The second-order valence-corrected chi connectivity index (χ2v) is 15.9. The second kappa shape index (κ2) is 23.3. The summed E-state index contributed by atoms with van der Waals surface area (Å²) in [6.45, 7) is 20.1. The average molecular weight is 653 g/mol. The van der Waals surface area contributed by atoms with Crippen LogP contribution >= 0.6 is 0 Å². The Balaban J connectivity index is 4.56. The minimum absolute atomic E-state index is 0.0262. The number of allylic oxidation sites excluding steroid dienone is 1. The Labute approximate surface area is 284 Å². The van der Waals surface area contributed by atoms with Gasteiger partial charge in [0.15, 0.2) is 0 Å². The van der Waals surface area contributed by atoms with Crippen molar-refractivity contribution in [2.75, 3.05) is 0 Å². The SMILES string of the molecule is CCC(CCC[C@@](C)(O)CCC/C=C\C(O)(CC)C(C)CC(C)CCC(=O)C(C)C[C@H](C)C[C@@H](C)CCC(O)CC(C)=O)C(C)O. The fraction of sp³-hybridized carbons (Fsp3) is 0.900. The molecule has 46 heavy (non-hydrogen) atoms. The molecule has 0 aromatic heterocycles. The van der Waals surface area contributed by atoms with Crippen LogP contribution in [0.2, 0.25) is 0 Å². The predicted molar refractivity (Wildman–Crippen MR) is 193 cm³/mol. The standard InChI is InChI=1S/C40H76O6/c1-11-36(35(9)42)17-16-23-39(10,45)22-14-13-15-24-40(46,12-2)33(7)27-30(4)19-21-38(44)32(6)26-31(5)25-29(3)18-20-37(43)28-34(8)41/h15,24,29-33,35-37,42-43,45-46H,11-14,16-23,25-28H2,1-10H3/b24-15-/t29-,30?,31+,32?,33?,35?,36?,37?,39-,40?/m0/s1. The van der Waals surface area contributed by atoms with Gasteiger partial charge in [0, 0.05) is 18.8 Å². The Hall–Kier alpha value is -1.08. The number of aliphatic hydroxyl groups is 4. The van der Waals surface area contributed by atoms with Gasteiger partial charge in [-0.05, 0) is 127 Å². The number of Topliss-reactive ketones (excluding diaryl/α,β-unsaturated/α-hetero) is 2. The van der Waals surface area contributed by atoms with E-state index in [1.165, 1.54) is 6.92 Å². The van der Waals surface area contributed by atoms with Crippen LogP contribution in [0, 0.1) is 35.5 Å². The van der Waals surface area contributed by atoms with Gasteiger partial charge in [-0.15, -0.1) is 0 Å². The van der Waals surface area contributed by atoms with Gasteiger partial charge in [-0.2, -0.15) is 0 Å². The Kier molecular flexibility index (Phi) is 22.8. The summed E-state index contributed by atoms with van der Waals surface area (Å²) < 4.78 is 0. The van der Waals surface area contributed by atoms with Crippen molar-refractivity contribution in [3.8, 4) is 0 Å². The highest BCUT2D eigenvalue weighted by Gasteiger charge is 2.30. The number of hydrogen-bond acceptors (Lipinski definition) is 6. The monoisotopic (exact) mass is 653 g/mol. The van der Waals surface area contributed by atoms with Crippen LogP contribution in [0.3, 0.4) is 0 Å². The first-order valence-corrected chi connectivity index (χ1v) is 18.9. The summed E-state index contributed by atoms with van der Waals surface area (Å²) in [5.41, 5.74) is -1.58. The molecule has 4 N–H and O–H groups in total. The predicted octanol–water partition coefficient (Wildman–Crippen LogP) is 9.00. The minimum Gasteiger partial charge on any atom is -0.393 e. The van der Waals surface area contributed by atoms with Crippen molar-refractivity contribution >= 4 is 11.6 Å².